The van der Waals surface area contributed by atoms with E-state index < -0.39 is 29.7 Å². The lowest BCUT2D eigenvalue weighted by molar-refractivity contribution is -0.134. The number of hydrogen-bond acceptors (Lipinski definition) is 11. The van der Waals surface area contributed by atoms with E-state index in [9.17, 15) is 23.6 Å². The summed E-state index contributed by atoms with van der Waals surface area (Å²) >= 11 is 1.69. The molecule has 0 aliphatic carbocycles. The number of nitrogens with one attached hydrogen (secondary N) is 1. The van der Waals surface area contributed by atoms with E-state index in [0.717, 1.165) is 49.9 Å². The van der Waals surface area contributed by atoms with Crippen molar-refractivity contribution < 1.29 is 44.0 Å². The van der Waals surface area contributed by atoms with Gasteiger partial charge in [-0.1, -0.05) is 23.5 Å². The van der Waals surface area contributed by atoms with Crippen LogP contribution in [-0.2, 0) is 19.2 Å². The van der Waals surface area contributed by atoms with Crippen LogP contribution in [0.1, 0.15) is 0 Å². The van der Waals surface area contributed by atoms with Crippen LogP contribution in [-0.4, -0.2) is 103 Å². The molecule has 1 saturated heterocycles. The lowest BCUT2D eigenvalue weighted by Crippen LogP contribution is -2.48. The molecule has 2 aromatic heterocycles. The molecule has 1 aliphatic rings. The summed E-state index contributed by atoms with van der Waals surface area (Å²) in [6.07, 6.45) is 4.67. The minimum absolute atomic E-state index is 0.400. The summed E-state index contributed by atoms with van der Waals surface area (Å²) in [5, 5.41) is 35.6. The van der Waals surface area contributed by atoms with Crippen molar-refractivity contribution in [3.63, 3.8) is 0 Å². The summed E-state index contributed by atoms with van der Waals surface area (Å²) in [5.41, 5.74) is 1.04. The van der Waals surface area contributed by atoms with Gasteiger partial charge in [0.2, 0.25) is 5.95 Å². The molecule has 0 spiro atoms. The molecule has 3 heterocycles. The summed E-state index contributed by atoms with van der Waals surface area (Å²) in [4.78, 5) is 55.4. The van der Waals surface area contributed by atoms with Crippen molar-refractivity contribution in [3.8, 4) is 0 Å². The van der Waals surface area contributed by atoms with Gasteiger partial charge in [-0.3, -0.25) is 4.90 Å². The number of carboxylic acids is 4. The number of rotatable bonds is 9. The molecular weight excluding hydrogens is 563 g/mol. The van der Waals surface area contributed by atoms with Crippen LogP contribution in [0.25, 0.3) is 10.2 Å². The van der Waals surface area contributed by atoms with Gasteiger partial charge in [-0.25, -0.2) is 38.5 Å². The second-order valence-corrected chi connectivity index (χ2v) is 8.99. The van der Waals surface area contributed by atoms with Crippen molar-refractivity contribution in [2.45, 2.75) is 0 Å². The number of fused-ring (bicyclic) bond motifs is 1. The molecule has 3 aromatic rings. The molecule has 1 aromatic carbocycles. The third-order valence-corrected chi connectivity index (χ3v) is 5.99. The van der Waals surface area contributed by atoms with Gasteiger partial charge >= 0.3 is 23.9 Å². The largest absolute Gasteiger partial charge is 0.478 e. The Kier molecular flexibility index (Phi) is 13.3. The average Bonchev–Trinajstić information content (AvgIpc) is 3.35. The smallest absolute Gasteiger partial charge is 0.328 e. The molecule has 0 amide bonds. The van der Waals surface area contributed by atoms with Crippen molar-refractivity contribution in [3.05, 3.63) is 66.8 Å². The first-order chi connectivity index (χ1) is 19.5. The Morgan fingerprint density at radius 1 is 0.854 bits per heavy atom. The van der Waals surface area contributed by atoms with E-state index in [1.807, 2.05) is 18.2 Å². The van der Waals surface area contributed by atoms with Crippen molar-refractivity contribution in [2.24, 2.45) is 0 Å². The molecule has 5 N–H and O–H groups in total. The number of anilines is 2. The molecule has 0 atom stereocenters. The van der Waals surface area contributed by atoms with Crippen LogP contribution in [0.5, 0.6) is 0 Å². The Morgan fingerprint density at radius 2 is 1.37 bits per heavy atom. The Bertz CT molecular complexity index is 1270. The zero-order valence-corrected chi connectivity index (χ0v) is 22.3. The van der Waals surface area contributed by atoms with Crippen LogP contribution in [0.4, 0.5) is 15.5 Å². The van der Waals surface area contributed by atoms with Gasteiger partial charge < -0.3 is 30.6 Å². The van der Waals surface area contributed by atoms with Gasteiger partial charge in [0.15, 0.2) is 10.9 Å². The molecule has 0 saturated carbocycles. The maximum atomic E-state index is 12.9. The number of para-hydroxylation sites is 1. The first kappa shape index (κ1) is 32.3. The Hall–Kier alpha value is -4.96. The van der Waals surface area contributed by atoms with E-state index in [1.165, 1.54) is 17.1 Å². The van der Waals surface area contributed by atoms with Gasteiger partial charge in [0.25, 0.3) is 0 Å². The third kappa shape index (κ3) is 13.1. The number of nitrogens with zero attached hydrogens (tertiary/aromatic N) is 5. The number of hydrogen-bond donors (Lipinski definition) is 5. The van der Waals surface area contributed by atoms with Crippen LogP contribution < -0.4 is 10.2 Å². The van der Waals surface area contributed by atoms with Crippen molar-refractivity contribution >= 4 is 56.5 Å². The third-order valence-electron chi connectivity index (χ3n) is 5.00. The molecular formula is C25H27FN6O8S. The molecule has 0 bridgehead atoms. The number of benzene rings is 1. The van der Waals surface area contributed by atoms with E-state index in [2.05, 4.69) is 36.1 Å². The zero-order chi connectivity index (χ0) is 30.2. The normalized spacial score (nSPS) is 13.2. The van der Waals surface area contributed by atoms with Gasteiger partial charge in [-0.2, -0.15) is 0 Å². The molecule has 1 aliphatic heterocycles. The number of aromatic nitrogens is 3. The maximum absolute atomic E-state index is 12.9. The molecule has 14 nitrogen and oxygen atoms in total. The van der Waals surface area contributed by atoms with Gasteiger partial charge in [0.1, 0.15) is 0 Å². The molecule has 218 valence electrons. The molecule has 41 heavy (non-hydrogen) atoms. The molecule has 1 fully saturated rings. The molecule has 0 radical (unpaired) electrons. The monoisotopic (exact) mass is 590 g/mol. The summed E-state index contributed by atoms with van der Waals surface area (Å²) in [6, 6.07) is 8.17. The minimum Gasteiger partial charge on any atom is -0.478 e. The Morgan fingerprint density at radius 3 is 1.85 bits per heavy atom. The SMILES string of the molecule is Fc1cnc(N2CCN(CCNc3nc4ccccc4s3)CC2)nc1.O=C(O)C=CC(=O)O.O=C(O)C=CC(=O)O. The molecule has 16 heteroatoms. The van der Waals surface area contributed by atoms with Crippen LogP contribution in [0.15, 0.2) is 61.0 Å². The number of carbonyl (C=O) groups is 4. The van der Waals surface area contributed by atoms with E-state index in [4.69, 9.17) is 20.4 Å². The average molecular weight is 591 g/mol. The molecule has 0 unspecified atom stereocenters. The number of aliphatic carboxylic acids is 4. The van der Waals surface area contributed by atoms with Crippen molar-refractivity contribution in [1.29, 1.82) is 0 Å². The summed E-state index contributed by atoms with van der Waals surface area (Å²) < 4.78 is 14.1. The van der Waals surface area contributed by atoms with Crippen molar-refractivity contribution in [1.82, 2.24) is 19.9 Å². The topological polar surface area (TPSA) is 206 Å². The highest BCUT2D eigenvalue weighted by Gasteiger charge is 2.18. The summed E-state index contributed by atoms with van der Waals surface area (Å²) in [7, 11) is 0. The number of carboxylic acid groups (broad SMARTS) is 4. The maximum Gasteiger partial charge on any atom is 0.328 e. The lowest BCUT2D eigenvalue weighted by Gasteiger charge is -2.34. The van der Waals surface area contributed by atoms with Crippen LogP contribution >= 0.6 is 11.3 Å². The predicted molar refractivity (Wildman–Crippen MR) is 148 cm³/mol. The van der Waals surface area contributed by atoms with Crippen molar-refractivity contribution in [2.75, 3.05) is 49.5 Å². The highest BCUT2D eigenvalue weighted by Crippen LogP contribution is 2.25. The minimum atomic E-state index is -1.26. The quantitative estimate of drug-likeness (QED) is 0.226. The lowest BCUT2D eigenvalue weighted by atomic mass is 10.3. The first-order valence-electron chi connectivity index (χ1n) is 11.9. The van der Waals surface area contributed by atoms with Gasteiger partial charge in [0, 0.05) is 63.6 Å². The predicted octanol–water partition coefficient (Wildman–Crippen LogP) is 1.88. The van der Waals surface area contributed by atoms with Gasteiger partial charge in [0.05, 0.1) is 22.6 Å². The second kappa shape index (κ2) is 16.9. The second-order valence-electron chi connectivity index (χ2n) is 7.96. The standard InChI is InChI=1S/C17H19FN6S.2C4H4O4/c18-13-11-20-16(21-12-13)24-9-7-23(8-10-24)6-5-19-17-22-14-3-1-2-4-15(14)25-17;2*5-3(6)1-2-4(7)8/h1-4,11-12H,5-10H2,(H,19,22);2*1-2H,(H,5,6)(H,7,8). The van der Waals surface area contributed by atoms with E-state index in [0.29, 0.717) is 30.3 Å². The highest BCUT2D eigenvalue weighted by atomic mass is 32.1. The summed E-state index contributed by atoms with van der Waals surface area (Å²) in [5.74, 6) is -4.82. The van der Waals surface area contributed by atoms with Crippen LogP contribution in [0.2, 0.25) is 0 Å². The number of thiazole rings is 1. The Labute approximate surface area is 236 Å². The van der Waals surface area contributed by atoms with E-state index in [1.54, 1.807) is 11.3 Å². The summed E-state index contributed by atoms with van der Waals surface area (Å²) in [6.45, 7) is 5.44. The van der Waals surface area contributed by atoms with Gasteiger partial charge in [-0.05, 0) is 12.1 Å². The fourth-order valence-electron chi connectivity index (χ4n) is 3.19. The fourth-order valence-corrected chi connectivity index (χ4v) is 4.09. The highest BCUT2D eigenvalue weighted by molar-refractivity contribution is 7.22. The number of halogens is 1. The fraction of sp³-hybridized carbons (Fsp3) is 0.240. The molecule has 4 rings (SSSR count). The number of piperazine rings is 1. The van der Waals surface area contributed by atoms with E-state index in [-0.39, 0.29) is 0 Å². The Balaban J connectivity index is 0.000000304. The van der Waals surface area contributed by atoms with Gasteiger partial charge in [-0.15, -0.1) is 0 Å². The van der Waals surface area contributed by atoms with E-state index >= 15 is 0 Å². The van der Waals surface area contributed by atoms with Crippen LogP contribution in [0.3, 0.4) is 0 Å². The van der Waals surface area contributed by atoms with Crippen LogP contribution in [0, 0.1) is 5.82 Å². The first-order valence-corrected chi connectivity index (χ1v) is 12.7. The zero-order valence-electron chi connectivity index (χ0n) is 21.5.